The SMILES string of the molecule is CC(=O)N[C@@H]1CC[C@@H]2CN1C(O)N2OCc1ccccc1. The third-order valence-electron chi connectivity index (χ3n) is 4.07. The second-order valence-corrected chi connectivity index (χ2v) is 5.61. The zero-order valence-corrected chi connectivity index (χ0v) is 12.1. The fraction of sp³-hybridized carbons (Fsp3) is 0.533. The third-order valence-corrected chi connectivity index (χ3v) is 4.07. The fourth-order valence-electron chi connectivity index (χ4n) is 3.06. The van der Waals surface area contributed by atoms with Gasteiger partial charge >= 0.3 is 0 Å². The lowest BCUT2D eigenvalue weighted by molar-refractivity contribution is -0.266. The Morgan fingerprint density at radius 3 is 2.86 bits per heavy atom. The summed E-state index contributed by atoms with van der Waals surface area (Å²) >= 11 is 0. The van der Waals surface area contributed by atoms with Crippen molar-refractivity contribution < 1.29 is 14.7 Å². The van der Waals surface area contributed by atoms with Crippen molar-refractivity contribution in [2.45, 2.75) is 44.9 Å². The minimum absolute atomic E-state index is 0.0747. The molecular weight excluding hydrogens is 270 g/mol. The maximum absolute atomic E-state index is 11.2. The number of benzene rings is 1. The summed E-state index contributed by atoms with van der Waals surface area (Å²) in [6.45, 7) is 2.64. The highest BCUT2D eigenvalue weighted by atomic mass is 16.7. The summed E-state index contributed by atoms with van der Waals surface area (Å²) in [5.41, 5.74) is 1.07. The number of hydrogen-bond acceptors (Lipinski definition) is 5. The Morgan fingerprint density at radius 1 is 1.38 bits per heavy atom. The zero-order valence-electron chi connectivity index (χ0n) is 12.1. The molecule has 4 atom stereocenters. The first-order chi connectivity index (χ1) is 10.1. The van der Waals surface area contributed by atoms with Crippen LogP contribution in [-0.2, 0) is 16.2 Å². The number of fused-ring (bicyclic) bond motifs is 2. The number of carbonyl (C=O) groups is 1. The molecule has 0 aliphatic carbocycles. The number of aliphatic hydroxyl groups excluding tert-OH is 1. The van der Waals surface area contributed by atoms with Crippen LogP contribution in [-0.4, -0.2) is 46.1 Å². The van der Waals surface area contributed by atoms with Crippen LogP contribution in [0.5, 0.6) is 0 Å². The Morgan fingerprint density at radius 2 is 2.14 bits per heavy atom. The van der Waals surface area contributed by atoms with Gasteiger partial charge < -0.3 is 10.4 Å². The molecule has 2 aliphatic rings. The molecule has 6 nitrogen and oxygen atoms in total. The Hall–Kier alpha value is -1.47. The number of rotatable bonds is 4. The topological polar surface area (TPSA) is 65.0 Å². The Bertz CT molecular complexity index is 496. The zero-order chi connectivity index (χ0) is 14.8. The van der Waals surface area contributed by atoms with Crippen LogP contribution < -0.4 is 5.32 Å². The molecule has 2 heterocycles. The second-order valence-electron chi connectivity index (χ2n) is 5.61. The molecule has 2 saturated heterocycles. The van der Waals surface area contributed by atoms with Gasteiger partial charge in [-0.1, -0.05) is 30.3 Å². The standard InChI is InChI=1S/C15H21N3O3/c1-11(19)16-14-8-7-13-9-17(14)15(20)18(13)21-10-12-5-3-2-4-6-12/h2-6,13-15,20H,7-10H2,1H3,(H,16,19)/t13-,14+,15?/m1/s1. The second kappa shape index (κ2) is 6.11. The van der Waals surface area contributed by atoms with Crippen LogP contribution in [0.4, 0.5) is 0 Å². The molecule has 2 unspecified atom stereocenters. The summed E-state index contributed by atoms with van der Waals surface area (Å²) in [7, 11) is 0. The number of nitrogens with zero attached hydrogens (tertiary/aromatic N) is 2. The largest absolute Gasteiger partial charge is 0.363 e. The summed E-state index contributed by atoms with van der Waals surface area (Å²) in [4.78, 5) is 18.9. The van der Waals surface area contributed by atoms with Crippen LogP contribution in [0.25, 0.3) is 0 Å². The summed E-state index contributed by atoms with van der Waals surface area (Å²) < 4.78 is 0. The predicted octanol–water partition coefficient (Wildman–Crippen LogP) is 0.636. The smallest absolute Gasteiger partial charge is 0.218 e. The van der Waals surface area contributed by atoms with Crippen LogP contribution in [0.1, 0.15) is 25.3 Å². The molecule has 1 aromatic rings. The van der Waals surface area contributed by atoms with E-state index in [0.717, 1.165) is 18.4 Å². The predicted molar refractivity (Wildman–Crippen MR) is 76.4 cm³/mol. The molecular formula is C15H21N3O3. The van der Waals surface area contributed by atoms with E-state index < -0.39 is 6.35 Å². The lowest BCUT2D eigenvalue weighted by Crippen LogP contribution is -2.52. The Balaban J connectivity index is 1.62. The van der Waals surface area contributed by atoms with Gasteiger partial charge in [-0.3, -0.25) is 9.63 Å². The van der Waals surface area contributed by atoms with Crippen molar-refractivity contribution in [1.82, 2.24) is 15.3 Å². The van der Waals surface area contributed by atoms with E-state index in [9.17, 15) is 9.90 Å². The lowest BCUT2D eigenvalue weighted by Gasteiger charge is -2.32. The van der Waals surface area contributed by atoms with Crippen LogP contribution in [0.2, 0.25) is 0 Å². The maximum Gasteiger partial charge on any atom is 0.218 e. The average Bonchev–Trinajstić information content (AvgIpc) is 2.73. The number of carbonyl (C=O) groups excluding carboxylic acids is 1. The van der Waals surface area contributed by atoms with Gasteiger partial charge in [-0.2, -0.15) is 0 Å². The van der Waals surface area contributed by atoms with Crippen LogP contribution >= 0.6 is 0 Å². The molecule has 2 N–H and O–H groups in total. The molecule has 2 fully saturated rings. The van der Waals surface area contributed by atoms with E-state index >= 15 is 0 Å². The van der Waals surface area contributed by atoms with E-state index in [1.165, 1.54) is 6.92 Å². The van der Waals surface area contributed by atoms with Gasteiger partial charge in [0.05, 0.1) is 18.8 Å². The number of nitrogens with one attached hydrogen (secondary N) is 1. The molecule has 3 rings (SSSR count). The highest BCUT2D eigenvalue weighted by molar-refractivity contribution is 5.73. The minimum atomic E-state index is -0.807. The maximum atomic E-state index is 11.2. The molecule has 1 aromatic carbocycles. The summed E-state index contributed by atoms with van der Waals surface area (Å²) in [5.74, 6) is -0.0747. The number of amides is 1. The summed E-state index contributed by atoms with van der Waals surface area (Å²) in [5, 5.41) is 14.9. The monoisotopic (exact) mass is 291 g/mol. The number of hydrogen-bond donors (Lipinski definition) is 2. The Kier molecular flexibility index (Phi) is 4.21. The highest BCUT2D eigenvalue weighted by Crippen LogP contribution is 2.31. The van der Waals surface area contributed by atoms with Gasteiger partial charge in [-0.15, -0.1) is 5.06 Å². The number of piperidine rings is 1. The molecule has 1 amide bonds. The molecule has 2 aliphatic heterocycles. The van der Waals surface area contributed by atoms with Gasteiger partial charge in [0.25, 0.3) is 0 Å². The van der Waals surface area contributed by atoms with Gasteiger partial charge in [0.2, 0.25) is 5.91 Å². The van der Waals surface area contributed by atoms with Crippen molar-refractivity contribution in [3.63, 3.8) is 0 Å². The molecule has 114 valence electrons. The molecule has 0 spiro atoms. The quantitative estimate of drug-likeness (QED) is 0.852. The first-order valence-electron chi connectivity index (χ1n) is 7.31. The summed E-state index contributed by atoms with van der Waals surface area (Å²) in [6.07, 6.45) is 0.803. The molecule has 0 radical (unpaired) electrons. The van der Waals surface area contributed by atoms with E-state index in [2.05, 4.69) is 5.32 Å². The van der Waals surface area contributed by atoms with Crippen molar-refractivity contribution in [2.75, 3.05) is 6.54 Å². The van der Waals surface area contributed by atoms with Crippen molar-refractivity contribution in [3.8, 4) is 0 Å². The van der Waals surface area contributed by atoms with E-state index in [-0.39, 0.29) is 18.1 Å². The molecule has 0 saturated carbocycles. The molecule has 21 heavy (non-hydrogen) atoms. The van der Waals surface area contributed by atoms with Gasteiger partial charge in [0.15, 0.2) is 6.35 Å². The van der Waals surface area contributed by atoms with Crippen molar-refractivity contribution in [2.24, 2.45) is 0 Å². The first-order valence-corrected chi connectivity index (χ1v) is 7.31. The Labute approximate surface area is 124 Å². The van der Waals surface area contributed by atoms with Gasteiger partial charge in [0, 0.05) is 13.5 Å². The first kappa shape index (κ1) is 14.5. The van der Waals surface area contributed by atoms with E-state index in [0.29, 0.717) is 13.2 Å². The highest BCUT2D eigenvalue weighted by Gasteiger charge is 2.46. The third kappa shape index (κ3) is 3.08. The fourth-order valence-corrected chi connectivity index (χ4v) is 3.06. The van der Waals surface area contributed by atoms with E-state index in [1.807, 2.05) is 35.2 Å². The van der Waals surface area contributed by atoms with Gasteiger partial charge in [-0.25, -0.2) is 4.90 Å². The number of aliphatic hydroxyl groups is 1. The molecule has 0 aromatic heterocycles. The van der Waals surface area contributed by atoms with E-state index in [4.69, 9.17) is 4.84 Å². The molecule has 2 bridgehead atoms. The lowest BCUT2D eigenvalue weighted by atomic mass is 10.1. The van der Waals surface area contributed by atoms with Crippen molar-refractivity contribution in [3.05, 3.63) is 35.9 Å². The normalized spacial score (nSPS) is 32.1. The molecule has 6 heteroatoms. The number of hydroxylamine groups is 2. The van der Waals surface area contributed by atoms with Crippen molar-refractivity contribution >= 4 is 5.91 Å². The average molecular weight is 291 g/mol. The summed E-state index contributed by atoms with van der Waals surface area (Å²) in [6, 6.07) is 10.1. The van der Waals surface area contributed by atoms with Crippen LogP contribution in [0, 0.1) is 0 Å². The van der Waals surface area contributed by atoms with Gasteiger partial charge in [0.1, 0.15) is 0 Å². The van der Waals surface area contributed by atoms with Crippen LogP contribution in [0.3, 0.4) is 0 Å². The van der Waals surface area contributed by atoms with Gasteiger partial charge in [-0.05, 0) is 18.4 Å². The minimum Gasteiger partial charge on any atom is -0.363 e. The van der Waals surface area contributed by atoms with Crippen LogP contribution in [0.15, 0.2) is 30.3 Å². The van der Waals surface area contributed by atoms with E-state index in [1.54, 1.807) is 5.06 Å². The van der Waals surface area contributed by atoms with Crippen molar-refractivity contribution in [1.29, 1.82) is 0 Å².